The Labute approximate surface area is 156 Å². The quantitative estimate of drug-likeness (QED) is 0.680. The molecule has 0 aliphatic carbocycles. The van der Waals surface area contributed by atoms with E-state index in [0.29, 0.717) is 5.92 Å². The number of hydrogen-bond acceptors (Lipinski definition) is 4. The summed E-state index contributed by atoms with van der Waals surface area (Å²) >= 11 is 0. The summed E-state index contributed by atoms with van der Waals surface area (Å²) in [6, 6.07) is 6.98. The molecular weight excluding hydrogens is 350 g/mol. The van der Waals surface area contributed by atoms with Gasteiger partial charge in [-0.15, -0.1) is 0 Å². The van der Waals surface area contributed by atoms with E-state index in [1.165, 1.54) is 5.56 Å². The molecule has 3 aromatic rings. The maximum Gasteiger partial charge on any atom is 0.387 e. The number of ether oxygens (including phenoxy) is 1. The monoisotopic (exact) mass is 372 g/mol. The van der Waals surface area contributed by atoms with E-state index in [1.807, 2.05) is 30.9 Å². The molecule has 1 aliphatic rings. The van der Waals surface area contributed by atoms with Gasteiger partial charge < -0.3 is 9.64 Å². The molecule has 142 valence electrons. The van der Waals surface area contributed by atoms with Gasteiger partial charge in [0, 0.05) is 43.1 Å². The molecule has 0 bridgehead atoms. The molecule has 0 spiro atoms. The summed E-state index contributed by atoms with van der Waals surface area (Å²) in [5.74, 6) is 0.703. The third kappa shape index (κ3) is 3.86. The zero-order valence-corrected chi connectivity index (χ0v) is 15.4. The van der Waals surface area contributed by atoms with E-state index in [4.69, 9.17) is 0 Å². The lowest BCUT2D eigenvalue weighted by atomic mass is 10.0. The predicted octanol–water partition coefficient (Wildman–Crippen LogP) is 3.95. The second kappa shape index (κ2) is 7.13. The molecule has 0 saturated carbocycles. The Morgan fingerprint density at radius 1 is 1.30 bits per heavy atom. The van der Waals surface area contributed by atoms with Crippen LogP contribution in [0.2, 0.25) is 0 Å². The van der Waals surface area contributed by atoms with Crippen LogP contribution >= 0.6 is 0 Å². The van der Waals surface area contributed by atoms with Crippen molar-refractivity contribution in [3.8, 4) is 5.75 Å². The number of alkyl halides is 2. The predicted molar refractivity (Wildman–Crippen MR) is 100 cm³/mol. The molecule has 1 aliphatic heterocycles. The van der Waals surface area contributed by atoms with Gasteiger partial charge in [0.2, 0.25) is 0 Å². The Hall–Kier alpha value is -2.70. The van der Waals surface area contributed by atoms with Gasteiger partial charge in [0.25, 0.3) is 0 Å². The molecule has 1 atom stereocenters. The van der Waals surface area contributed by atoms with Crippen LogP contribution in [-0.4, -0.2) is 34.5 Å². The number of anilines is 1. The molecule has 7 heteroatoms. The van der Waals surface area contributed by atoms with Gasteiger partial charge in [0.15, 0.2) is 0 Å². The van der Waals surface area contributed by atoms with Crippen molar-refractivity contribution >= 4 is 16.6 Å². The highest BCUT2D eigenvalue weighted by atomic mass is 19.3. The molecule has 1 fully saturated rings. The van der Waals surface area contributed by atoms with Crippen molar-refractivity contribution in [3.63, 3.8) is 0 Å². The first-order chi connectivity index (χ1) is 13.0. The highest BCUT2D eigenvalue weighted by Crippen LogP contribution is 2.34. The van der Waals surface area contributed by atoms with Crippen molar-refractivity contribution in [2.75, 3.05) is 18.0 Å². The normalized spacial score (nSPS) is 17.2. The van der Waals surface area contributed by atoms with Crippen LogP contribution < -0.4 is 9.64 Å². The van der Waals surface area contributed by atoms with E-state index < -0.39 is 6.61 Å². The van der Waals surface area contributed by atoms with Crippen molar-refractivity contribution in [3.05, 3.63) is 47.9 Å². The average Bonchev–Trinajstić information content (AvgIpc) is 3.23. The molecule has 1 aromatic carbocycles. The first kappa shape index (κ1) is 17.7. The number of benzene rings is 1. The second-order valence-corrected chi connectivity index (χ2v) is 7.17. The van der Waals surface area contributed by atoms with Gasteiger partial charge >= 0.3 is 6.61 Å². The number of nitrogens with zero attached hydrogens (tertiary/aromatic N) is 4. The highest BCUT2D eigenvalue weighted by Gasteiger charge is 2.25. The molecule has 0 N–H and O–H groups in total. The minimum absolute atomic E-state index is 0.163. The smallest absolute Gasteiger partial charge is 0.387 e. The van der Waals surface area contributed by atoms with Crippen LogP contribution in [0.1, 0.15) is 17.7 Å². The number of fused-ring (bicyclic) bond motifs is 1. The van der Waals surface area contributed by atoms with Gasteiger partial charge in [-0.2, -0.15) is 13.9 Å². The minimum atomic E-state index is -2.83. The van der Waals surface area contributed by atoms with Crippen LogP contribution in [0.5, 0.6) is 5.75 Å². The summed E-state index contributed by atoms with van der Waals surface area (Å²) in [6.45, 7) is 0.979. The summed E-state index contributed by atoms with van der Waals surface area (Å²) in [6.07, 6.45) is 6.06. The standard InChI is InChI=1S/C20H22F2N4O/c1-13-7-19(17-9-16(27-20(21)22)3-4-18(17)24-13)26-6-5-14(12-26)8-15-10-23-25(2)11-15/h3-4,7,9-11,14,20H,5-6,8,12H2,1-2H3. The Balaban J connectivity index is 1.60. The maximum absolute atomic E-state index is 12.6. The zero-order chi connectivity index (χ0) is 19.0. The third-order valence-corrected chi connectivity index (χ3v) is 5.02. The van der Waals surface area contributed by atoms with Gasteiger partial charge in [-0.05, 0) is 55.5 Å². The fourth-order valence-electron chi connectivity index (χ4n) is 3.88. The molecular formula is C20H22F2N4O. The summed E-state index contributed by atoms with van der Waals surface area (Å²) in [5.41, 5.74) is 3.98. The summed E-state index contributed by atoms with van der Waals surface area (Å²) in [7, 11) is 1.93. The van der Waals surface area contributed by atoms with E-state index in [-0.39, 0.29) is 5.75 Å². The number of aromatic nitrogens is 3. The lowest BCUT2D eigenvalue weighted by Gasteiger charge is -2.21. The van der Waals surface area contributed by atoms with Crippen LogP contribution in [0.15, 0.2) is 36.7 Å². The van der Waals surface area contributed by atoms with Gasteiger partial charge in [-0.3, -0.25) is 9.67 Å². The van der Waals surface area contributed by atoms with Crippen LogP contribution in [0, 0.1) is 12.8 Å². The topological polar surface area (TPSA) is 43.2 Å². The number of hydrogen-bond donors (Lipinski definition) is 0. The van der Waals surface area contributed by atoms with Gasteiger partial charge in [0.05, 0.1) is 11.7 Å². The second-order valence-electron chi connectivity index (χ2n) is 7.17. The van der Waals surface area contributed by atoms with E-state index in [2.05, 4.69) is 25.9 Å². The minimum Gasteiger partial charge on any atom is -0.435 e. The number of halogens is 2. The fourth-order valence-corrected chi connectivity index (χ4v) is 3.88. The molecule has 5 nitrogen and oxygen atoms in total. The molecule has 3 heterocycles. The lowest BCUT2D eigenvalue weighted by molar-refractivity contribution is -0.0497. The molecule has 0 radical (unpaired) electrons. The Morgan fingerprint density at radius 3 is 2.89 bits per heavy atom. The number of pyridine rings is 1. The average molecular weight is 372 g/mol. The van der Waals surface area contributed by atoms with Crippen LogP contribution in [-0.2, 0) is 13.5 Å². The highest BCUT2D eigenvalue weighted by molar-refractivity contribution is 5.93. The van der Waals surface area contributed by atoms with Crippen molar-refractivity contribution in [2.45, 2.75) is 26.4 Å². The first-order valence-electron chi connectivity index (χ1n) is 9.06. The molecule has 1 saturated heterocycles. The molecule has 27 heavy (non-hydrogen) atoms. The van der Waals surface area contributed by atoms with Gasteiger partial charge in [0.1, 0.15) is 5.75 Å². The van der Waals surface area contributed by atoms with E-state index in [1.54, 1.807) is 18.2 Å². The molecule has 0 amide bonds. The summed E-state index contributed by atoms with van der Waals surface area (Å²) in [5, 5.41) is 5.09. The van der Waals surface area contributed by atoms with Crippen LogP contribution in [0.25, 0.3) is 10.9 Å². The van der Waals surface area contributed by atoms with Crippen molar-refractivity contribution in [1.82, 2.24) is 14.8 Å². The number of rotatable bonds is 5. The molecule has 1 unspecified atom stereocenters. The largest absolute Gasteiger partial charge is 0.435 e. The Kier molecular flexibility index (Phi) is 4.68. The third-order valence-electron chi connectivity index (χ3n) is 5.02. The fraction of sp³-hybridized carbons (Fsp3) is 0.400. The van der Waals surface area contributed by atoms with Gasteiger partial charge in [-0.1, -0.05) is 0 Å². The first-order valence-corrected chi connectivity index (χ1v) is 9.06. The van der Waals surface area contributed by atoms with E-state index in [9.17, 15) is 8.78 Å². The maximum atomic E-state index is 12.6. The summed E-state index contributed by atoms with van der Waals surface area (Å²) in [4.78, 5) is 6.86. The van der Waals surface area contributed by atoms with E-state index in [0.717, 1.165) is 48.2 Å². The van der Waals surface area contributed by atoms with Crippen molar-refractivity contribution in [2.24, 2.45) is 13.0 Å². The van der Waals surface area contributed by atoms with Crippen LogP contribution in [0.4, 0.5) is 14.5 Å². The van der Waals surface area contributed by atoms with E-state index >= 15 is 0 Å². The number of aryl methyl sites for hydroxylation is 2. The van der Waals surface area contributed by atoms with Crippen LogP contribution in [0.3, 0.4) is 0 Å². The lowest BCUT2D eigenvalue weighted by Crippen LogP contribution is -2.20. The molecule has 2 aromatic heterocycles. The Bertz CT molecular complexity index is 956. The van der Waals surface area contributed by atoms with Crippen molar-refractivity contribution < 1.29 is 13.5 Å². The Morgan fingerprint density at radius 2 is 2.15 bits per heavy atom. The summed E-state index contributed by atoms with van der Waals surface area (Å²) < 4.78 is 31.6. The van der Waals surface area contributed by atoms with Gasteiger partial charge in [-0.25, -0.2) is 0 Å². The zero-order valence-electron chi connectivity index (χ0n) is 15.4. The van der Waals surface area contributed by atoms with Crippen molar-refractivity contribution in [1.29, 1.82) is 0 Å². The SMILES string of the molecule is Cc1cc(N2CCC(Cc3cnn(C)c3)C2)c2cc(OC(F)F)ccc2n1. The molecule has 4 rings (SSSR count).